The Morgan fingerprint density at radius 2 is 1.58 bits per heavy atom. The molecule has 38 heavy (non-hydrogen) atoms. The van der Waals surface area contributed by atoms with Gasteiger partial charge in [-0.1, -0.05) is 68.4 Å². The quantitative estimate of drug-likeness (QED) is 0.382. The third kappa shape index (κ3) is 6.71. The van der Waals surface area contributed by atoms with Gasteiger partial charge in [-0.25, -0.2) is 0 Å². The van der Waals surface area contributed by atoms with Crippen molar-refractivity contribution in [3.63, 3.8) is 0 Å². The number of benzene rings is 1. The summed E-state index contributed by atoms with van der Waals surface area (Å²) in [6, 6.07) is 6.63. The summed E-state index contributed by atoms with van der Waals surface area (Å²) >= 11 is 0.851. The van der Waals surface area contributed by atoms with Crippen molar-refractivity contribution >= 4 is 34.9 Å². The number of rotatable bonds is 9. The van der Waals surface area contributed by atoms with Gasteiger partial charge in [0.05, 0.1) is 12.3 Å². The Balaban J connectivity index is 1.60. The average Bonchev–Trinajstić information content (AvgIpc) is 3.31. The van der Waals surface area contributed by atoms with Crippen LogP contribution in [0.5, 0.6) is 0 Å². The van der Waals surface area contributed by atoms with Crippen molar-refractivity contribution < 1.29 is 19.5 Å². The van der Waals surface area contributed by atoms with Gasteiger partial charge in [0.1, 0.15) is 10.9 Å². The molecular weight excluding hydrogens is 502 g/mol. The number of nitrogen functional groups attached to an aromatic ring is 1. The Morgan fingerprint density at radius 3 is 2.16 bits per heavy atom. The zero-order chi connectivity index (χ0) is 27.1. The standard InChI is InChI=1S/C28H39N5O4S/c1-18-12-14-19(15-13-18)24(27(36)31-21-10-6-3-7-11-21)33(16-17-34)28(37)25-22(29)23(32-38-25)26(35)30-20-8-4-2-5-9-20/h12-15,20-21,24,34H,2-11,16-17,29H2,1H3,(H,30,35)(H,31,36). The summed E-state index contributed by atoms with van der Waals surface area (Å²) in [5, 5.41) is 16.0. The fourth-order valence-corrected chi connectivity index (χ4v) is 6.20. The zero-order valence-electron chi connectivity index (χ0n) is 22.1. The van der Waals surface area contributed by atoms with E-state index in [0.29, 0.717) is 5.56 Å². The van der Waals surface area contributed by atoms with E-state index in [-0.39, 0.29) is 53.3 Å². The number of nitrogens with one attached hydrogen (secondary N) is 2. The van der Waals surface area contributed by atoms with Crippen LogP contribution in [0.4, 0.5) is 5.69 Å². The minimum atomic E-state index is -0.960. The van der Waals surface area contributed by atoms with Crippen LogP contribution in [-0.4, -0.2) is 57.3 Å². The van der Waals surface area contributed by atoms with Gasteiger partial charge in [0.2, 0.25) is 5.91 Å². The van der Waals surface area contributed by atoms with E-state index in [1.54, 1.807) is 0 Å². The lowest BCUT2D eigenvalue weighted by atomic mass is 9.94. The summed E-state index contributed by atoms with van der Waals surface area (Å²) in [4.78, 5) is 41.9. The minimum Gasteiger partial charge on any atom is -0.395 e. The van der Waals surface area contributed by atoms with E-state index >= 15 is 0 Å². The first-order chi connectivity index (χ1) is 18.4. The largest absolute Gasteiger partial charge is 0.395 e. The number of aliphatic hydroxyl groups is 1. The molecule has 5 N–H and O–H groups in total. The molecule has 0 radical (unpaired) electrons. The van der Waals surface area contributed by atoms with Crippen LogP contribution in [-0.2, 0) is 4.79 Å². The minimum absolute atomic E-state index is 0.00611. The zero-order valence-corrected chi connectivity index (χ0v) is 22.9. The number of amides is 3. The maximum Gasteiger partial charge on any atom is 0.273 e. The van der Waals surface area contributed by atoms with E-state index in [0.717, 1.165) is 74.9 Å². The van der Waals surface area contributed by atoms with Crippen molar-refractivity contribution in [2.24, 2.45) is 0 Å². The molecule has 1 atom stereocenters. The monoisotopic (exact) mass is 541 g/mol. The highest BCUT2D eigenvalue weighted by Crippen LogP contribution is 2.30. The van der Waals surface area contributed by atoms with Gasteiger partial charge in [0.25, 0.3) is 11.8 Å². The third-order valence-corrected chi connectivity index (χ3v) is 8.44. The van der Waals surface area contributed by atoms with Crippen LogP contribution in [0, 0.1) is 6.92 Å². The van der Waals surface area contributed by atoms with Gasteiger partial charge in [-0.2, -0.15) is 4.37 Å². The van der Waals surface area contributed by atoms with Crippen LogP contribution in [0.15, 0.2) is 24.3 Å². The molecule has 1 unspecified atom stereocenters. The van der Waals surface area contributed by atoms with E-state index in [1.165, 1.54) is 11.3 Å². The van der Waals surface area contributed by atoms with E-state index in [2.05, 4.69) is 15.0 Å². The second-order valence-corrected chi connectivity index (χ2v) is 11.2. The topological polar surface area (TPSA) is 138 Å². The van der Waals surface area contributed by atoms with E-state index in [4.69, 9.17) is 5.73 Å². The molecule has 206 valence electrons. The Kier molecular flexibility index (Phi) is 9.74. The van der Waals surface area contributed by atoms with E-state index in [9.17, 15) is 19.5 Å². The van der Waals surface area contributed by atoms with Crippen LogP contribution in [0.25, 0.3) is 0 Å². The Morgan fingerprint density at radius 1 is 1.00 bits per heavy atom. The van der Waals surface area contributed by atoms with E-state index in [1.807, 2.05) is 31.2 Å². The Bertz CT molecular complexity index is 1110. The van der Waals surface area contributed by atoms with Gasteiger partial charge >= 0.3 is 0 Å². The molecule has 9 nitrogen and oxygen atoms in total. The number of anilines is 1. The summed E-state index contributed by atoms with van der Waals surface area (Å²) in [6.07, 6.45) is 10.2. The highest BCUT2D eigenvalue weighted by atomic mass is 32.1. The first-order valence-electron chi connectivity index (χ1n) is 13.7. The van der Waals surface area contributed by atoms with Gasteiger partial charge in [0.15, 0.2) is 5.69 Å². The van der Waals surface area contributed by atoms with Crippen molar-refractivity contribution in [2.45, 2.75) is 89.3 Å². The number of aliphatic hydroxyl groups excluding tert-OH is 1. The summed E-state index contributed by atoms with van der Waals surface area (Å²) in [5.41, 5.74) is 8.02. The molecule has 10 heteroatoms. The van der Waals surface area contributed by atoms with Gasteiger partial charge in [-0.3, -0.25) is 14.4 Å². The SMILES string of the molecule is Cc1ccc(C(C(=O)NC2CCCCC2)N(CCO)C(=O)c2snc(C(=O)NC3CCCCC3)c2N)cc1. The lowest BCUT2D eigenvalue weighted by Gasteiger charge is -2.33. The van der Waals surface area contributed by atoms with Crippen LogP contribution in [0.1, 0.15) is 102 Å². The predicted molar refractivity (Wildman–Crippen MR) is 148 cm³/mol. The second kappa shape index (κ2) is 13.2. The molecule has 2 fully saturated rings. The number of aryl methyl sites for hydroxylation is 1. The van der Waals surface area contributed by atoms with Crippen molar-refractivity contribution in [3.05, 3.63) is 46.0 Å². The molecular formula is C28H39N5O4S. The molecule has 2 aliphatic carbocycles. The van der Waals surface area contributed by atoms with Crippen LogP contribution >= 0.6 is 11.5 Å². The number of nitrogens with two attached hydrogens (primary N) is 1. The first kappa shape index (κ1) is 28.0. The molecule has 1 aromatic heterocycles. The normalized spacial score (nSPS) is 17.5. The van der Waals surface area contributed by atoms with Crippen molar-refractivity contribution in [1.82, 2.24) is 19.9 Å². The van der Waals surface area contributed by atoms with Crippen LogP contribution in [0.3, 0.4) is 0 Å². The van der Waals surface area contributed by atoms with Crippen molar-refractivity contribution in [1.29, 1.82) is 0 Å². The maximum absolute atomic E-state index is 13.9. The predicted octanol–water partition coefficient (Wildman–Crippen LogP) is 3.72. The first-order valence-corrected chi connectivity index (χ1v) is 14.5. The molecule has 2 saturated carbocycles. The van der Waals surface area contributed by atoms with Crippen LogP contribution < -0.4 is 16.4 Å². The highest BCUT2D eigenvalue weighted by molar-refractivity contribution is 7.09. The smallest absolute Gasteiger partial charge is 0.273 e. The van der Waals surface area contributed by atoms with Gasteiger partial charge < -0.3 is 26.4 Å². The molecule has 2 aromatic rings. The molecule has 1 aromatic carbocycles. The highest BCUT2D eigenvalue weighted by Gasteiger charge is 2.35. The van der Waals surface area contributed by atoms with Crippen molar-refractivity contribution in [2.75, 3.05) is 18.9 Å². The van der Waals surface area contributed by atoms with Crippen LogP contribution in [0.2, 0.25) is 0 Å². The number of aromatic nitrogens is 1. The maximum atomic E-state index is 13.9. The molecule has 0 aliphatic heterocycles. The van der Waals surface area contributed by atoms with Crippen molar-refractivity contribution in [3.8, 4) is 0 Å². The summed E-state index contributed by atoms with van der Waals surface area (Å²) < 4.78 is 4.22. The number of nitrogens with zero attached hydrogens (tertiary/aromatic N) is 2. The van der Waals surface area contributed by atoms with E-state index < -0.39 is 11.9 Å². The van der Waals surface area contributed by atoms with Gasteiger partial charge in [-0.05, 0) is 49.7 Å². The molecule has 4 rings (SSSR count). The summed E-state index contributed by atoms with van der Waals surface area (Å²) in [6.45, 7) is 1.55. The van der Waals surface area contributed by atoms with Gasteiger partial charge in [0, 0.05) is 18.6 Å². The molecule has 3 amide bonds. The average molecular weight is 542 g/mol. The number of hydrogen-bond donors (Lipinski definition) is 4. The Hall–Kier alpha value is -2.98. The third-order valence-electron chi connectivity index (χ3n) is 7.58. The Labute approximate surface area is 228 Å². The summed E-state index contributed by atoms with van der Waals surface area (Å²) in [5.74, 6) is -1.21. The lowest BCUT2D eigenvalue weighted by Crippen LogP contribution is -2.48. The van der Waals surface area contributed by atoms with Gasteiger partial charge in [-0.15, -0.1) is 0 Å². The second-order valence-electron chi connectivity index (χ2n) is 10.5. The molecule has 1 heterocycles. The molecule has 0 saturated heterocycles. The fraction of sp³-hybridized carbons (Fsp3) is 0.571. The molecule has 0 spiro atoms. The molecule has 0 bridgehead atoms. The fourth-order valence-electron chi connectivity index (χ4n) is 5.45. The lowest BCUT2D eigenvalue weighted by molar-refractivity contribution is -0.127. The summed E-state index contributed by atoms with van der Waals surface area (Å²) in [7, 11) is 0. The molecule has 2 aliphatic rings. The number of carbonyl (C=O) groups excluding carboxylic acids is 3. The number of hydrogen-bond acceptors (Lipinski definition) is 7. The number of carbonyl (C=O) groups is 3.